The number of aryl methyl sites for hydroxylation is 1. The fourth-order valence-corrected chi connectivity index (χ4v) is 3.07. The molecule has 2 aromatic rings. The Balaban J connectivity index is 1.68. The first kappa shape index (κ1) is 23.5. The van der Waals surface area contributed by atoms with Crippen LogP contribution in [-0.2, 0) is 0 Å². The summed E-state index contributed by atoms with van der Waals surface area (Å²) in [6.07, 6.45) is 6.57. The van der Waals surface area contributed by atoms with Crippen LogP contribution in [0, 0.1) is 6.92 Å². The third kappa shape index (κ3) is 8.29. The molecule has 0 aliphatic rings. The van der Waals surface area contributed by atoms with Crippen LogP contribution in [-0.4, -0.2) is 44.7 Å². The van der Waals surface area contributed by atoms with Crippen molar-refractivity contribution in [2.24, 2.45) is 0 Å². The maximum Gasteiger partial charge on any atom is 0.326 e. The number of hydrogen-bond donors (Lipinski definition) is 1. The Morgan fingerprint density at radius 2 is 1.67 bits per heavy atom. The van der Waals surface area contributed by atoms with Gasteiger partial charge < -0.3 is 15.0 Å². The van der Waals surface area contributed by atoms with Crippen LogP contribution in [0.1, 0.15) is 31.2 Å². The van der Waals surface area contributed by atoms with E-state index in [9.17, 15) is 4.79 Å². The van der Waals surface area contributed by atoms with Gasteiger partial charge in [0.15, 0.2) is 0 Å². The number of carbonyl (C=O) groups excluding carboxylic acids is 1. The van der Waals surface area contributed by atoms with Crippen LogP contribution in [0.15, 0.2) is 61.2 Å². The van der Waals surface area contributed by atoms with Crippen molar-refractivity contribution < 1.29 is 9.53 Å². The molecule has 162 valence electrons. The number of likely N-dealkylation sites (N-methyl/N-ethyl adjacent to an activating group) is 1. The highest BCUT2D eigenvalue weighted by Crippen LogP contribution is 2.20. The monoisotopic (exact) mass is 409 g/mol. The molecule has 0 aromatic heterocycles. The molecule has 0 radical (unpaired) electrons. The number of unbranched alkanes of at least 4 members (excludes halogenated alkanes) is 3. The minimum atomic E-state index is -0.175. The van der Waals surface area contributed by atoms with E-state index in [-0.39, 0.29) is 6.03 Å². The van der Waals surface area contributed by atoms with Gasteiger partial charge in [-0.3, -0.25) is 4.90 Å². The second-order valence-corrected chi connectivity index (χ2v) is 7.66. The standard InChI is InChI=1S/C25H35N3O2/c1-5-18-27(3)19-8-6-7-9-20-30-24-16-14-23(15-17-24)28(4)25(29)26-22-12-10-21(2)11-13-22/h5,10-17H,1,6-9,18-20H2,2-4H3,(H,26,29). The summed E-state index contributed by atoms with van der Waals surface area (Å²) >= 11 is 0. The van der Waals surface area contributed by atoms with Gasteiger partial charge in [0.1, 0.15) is 5.75 Å². The third-order valence-electron chi connectivity index (χ3n) is 4.98. The average Bonchev–Trinajstić information content (AvgIpc) is 2.74. The SMILES string of the molecule is C=CCN(C)CCCCCCOc1ccc(N(C)C(=O)Nc2ccc(C)cc2)cc1. The van der Waals surface area contributed by atoms with E-state index in [1.807, 2.05) is 61.5 Å². The number of amides is 2. The van der Waals surface area contributed by atoms with E-state index in [0.29, 0.717) is 6.61 Å². The molecule has 2 aromatic carbocycles. The Kier molecular flexibility index (Phi) is 9.95. The van der Waals surface area contributed by atoms with Gasteiger partial charge in [-0.25, -0.2) is 4.79 Å². The molecule has 0 atom stereocenters. The van der Waals surface area contributed by atoms with Gasteiger partial charge in [-0.1, -0.05) is 36.6 Å². The summed E-state index contributed by atoms with van der Waals surface area (Å²) < 4.78 is 5.83. The molecule has 1 N–H and O–H groups in total. The van der Waals surface area contributed by atoms with Crippen molar-refractivity contribution in [3.8, 4) is 5.75 Å². The van der Waals surface area contributed by atoms with Gasteiger partial charge in [-0.05, 0) is 69.8 Å². The number of nitrogens with one attached hydrogen (secondary N) is 1. The summed E-state index contributed by atoms with van der Waals surface area (Å²) in [7, 11) is 3.88. The lowest BCUT2D eigenvalue weighted by Gasteiger charge is -2.18. The molecule has 0 spiro atoms. The molecule has 30 heavy (non-hydrogen) atoms. The summed E-state index contributed by atoms with van der Waals surface area (Å²) in [5.41, 5.74) is 2.76. The van der Waals surface area contributed by atoms with Crippen LogP contribution in [0.2, 0.25) is 0 Å². The average molecular weight is 410 g/mol. The quantitative estimate of drug-likeness (QED) is 0.360. The highest BCUT2D eigenvalue weighted by Gasteiger charge is 2.11. The highest BCUT2D eigenvalue weighted by molar-refractivity contribution is 6.01. The van der Waals surface area contributed by atoms with Crippen LogP contribution in [0.3, 0.4) is 0 Å². The minimum Gasteiger partial charge on any atom is -0.494 e. The maximum absolute atomic E-state index is 12.4. The minimum absolute atomic E-state index is 0.175. The number of urea groups is 1. The Labute approximate surface area is 181 Å². The van der Waals surface area contributed by atoms with Crippen LogP contribution in [0.25, 0.3) is 0 Å². The fraction of sp³-hybridized carbons (Fsp3) is 0.400. The molecule has 5 heteroatoms. The molecule has 2 amide bonds. The van der Waals surface area contributed by atoms with E-state index in [0.717, 1.165) is 42.2 Å². The van der Waals surface area contributed by atoms with Crippen LogP contribution in [0.4, 0.5) is 16.2 Å². The van der Waals surface area contributed by atoms with Gasteiger partial charge in [0.25, 0.3) is 0 Å². The summed E-state index contributed by atoms with van der Waals surface area (Å²) in [4.78, 5) is 16.3. The molecule has 0 heterocycles. The van der Waals surface area contributed by atoms with Crippen LogP contribution in [0.5, 0.6) is 5.75 Å². The van der Waals surface area contributed by atoms with Gasteiger partial charge in [0.2, 0.25) is 0 Å². The predicted octanol–water partition coefficient (Wildman–Crippen LogP) is 5.72. The lowest BCUT2D eigenvalue weighted by molar-refractivity contribution is 0.258. The molecule has 0 bridgehead atoms. The molecule has 0 fully saturated rings. The molecular formula is C25H35N3O2. The van der Waals surface area contributed by atoms with Crippen molar-refractivity contribution in [3.63, 3.8) is 0 Å². The topological polar surface area (TPSA) is 44.8 Å². The number of carbonyl (C=O) groups is 1. The van der Waals surface area contributed by atoms with Crippen molar-refractivity contribution >= 4 is 17.4 Å². The second-order valence-electron chi connectivity index (χ2n) is 7.66. The third-order valence-corrected chi connectivity index (χ3v) is 4.98. The van der Waals surface area contributed by atoms with E-state index in [2.05, 4.69) is 23.8 Å². The van der Waals surface area contributed by atoms with Crippen molar-refractivity contribution in [3.05, 3.63) is 66.7 Å². The van der Waals surface area contributed by atoms with E-state index < -0.39 is 0 Å². The largest absolute Gasteiger partial charge is 0.494 e. The lowest BCUT2D eigenvalue weighted by Crippen LogP contribution is -2.31. The number of rotatable bonds is 12. The zero-order valence-corrected chi connectivity index (χ0v) is 18.6. The molecule has 0 unspecified atom stereocenters. The normalized spacial score (nSPS) is 10.7. The Morgan fingerprint density at radius 1 is 1.00 bits per heavy atom. The van der Waals surface area contributed by atoms with Crippen molar-refractivity contribution in [2.45, 2.75) is 32.6 Å². The zero-order chi connectivity index (χ0) is 21.8. The van der Waals surface area contributed by atoms with E-state index in [1.54, 1.807) is 11.9 Å². The molecule has 0 saturated carbocycles. The van der Waals surface area contributed by atoms with Crippen molar-refractivity contribution in [1.29, 1.82) is 0 Å². The van der Waals surface area contributed by atoms with Gasteiger partial charge in [-0.2, -0.15) is 0 Å². The van der Waals surface area contributed by atoms with Gasteiger partial charge in [0, 0.05) is 25.0 Å². The Bertz CT molecular complexity index is 772. The smallest absolute Gasteiger partial charge is 0.326 e. The first-order valence-electron chi connectivity index (χ1n) is 10.6. The van der Waals surface area contributed by atoms with Crippen LogP contribution >= 0.6 is 0 Å². The van der Waals surface area contributed by atoms with Crippen molar-refractivity contribution in [2.75, 3.05) is 44.0 Å². The first-order valence-corrected chi connectivity index (χ1v) is 10.6. The molecular weight excluding hydrogens is 374 g/mol. The number of nitrogens with zero attached hydrogens (tertiary/aromatic N) is 2. The molecule has 0 saturated heterocycles. The van der Waals surface area contributed by atoms with Crippen LogP contribution < -0.4 is 15.0 Å². The molecule has 0 aliphatic carbocycles. The van der Waals surface area contributed by atoms with Gasteiger partial charge in [0.05, 0.1) is 6.61 Å². The second kappa shape index (κ2) is 12.7. The summed E-state index contributed by atoms with van der Waals surface area (Å²) in [6, 6.07) is 15.2. The van der Waals surface area contributed by atoms with E-state index >= 15 is 0 Å². The number of ether oxygens (including phenoxy) is 1. The maximum atomic E-state index is 12.4. The summed E-state index contributed by atoms with van der Waals surface area (Å²) in [5, 5.41) is 2.90. The number of hydrogen-bond acceptors (Lipinski definition) is 3. The lowest BCUT2D eigenvalue weighted by atomic mass is 10.2. The van der Waals surface area contributed by atoms with E-state index in [1.165, 1.54) is 19.3 Å². The van der Waals surface area contributed by atoms with Gasteiger partial charge >= 0.3 is 6.03 Å². The van der Waals surface area contributed by atoms with Crippen molar-refractivity contribution in [1.82, 2.24) is 4.90 Å². The number of benzene rings is 2. The first-order chi connectivity index (χ1) is 14.5. The Hall–Kier alpha value is -2.79. The summed E-state index contributed by atoms with van der Waals surface area (Å²) in [5.74, 6) is 0.830. The highest BCUT2D eigenvalue weighted by atomic mass is 16.5. The Morgan fingerprint density at radius 3 is 2.33 bits per heavy atom. The van der Waals surface area contributed by atoms with Gasteiger partial charge in [-0.15, -0.1) is 6.58 Å². The molecule has 2 rings (SSSR count). The predicted molar refractivity (Wildman–Crippen MR) is 127 cm³/mol. The zero-order valence-electron chi connectivity index (χ0n) is 18.6. The number of anilines is 2. The molecule has 0 aliphatic heterocycles. The summed E-state index contributed by atoms with van der Waals surface area (Å²) in [6.45, 7) is 8.55. The fourth-order valence-electron chi connectivity index (χ4n) is 3.07. The molecule has 5 nitrogen and oxygen atoms in total. The van der Waals surface area contributed by atoms with E-state index in [4.69, 9.17) is 4.74 Å².